The summed E-state index contributed by atoms with van der Waals surface area (Å²) in [5.74, 6) is 0.764. The van der Waals surface area contributed by atoms with Gasteiger partial charge in [-0.3, -0.25) is 4.68 Å². The molecule has 1 heterocycles. The molecule has 0 bridgehead atoms. The molecular weight excluding hydrogens is 240 g/mol. The molecule has 0 saturated heterocycles. The Bertz CT molecular complexity index is 512. The molecule has 0 atom stereocenters. The summed E-state index contributed by atoms with van der Waals surface area (Å²) in [6, 6.07) is 5.47. The van der Waals surface area contributed by atoms with Crippen LogP contribution < -0.4 is 10.1 Å². The average Bonchev–Trinajstić information content (AvgIpc) is 2.74. The van der Waals surface area contributed by atoms with Crippen molar-refractivity contribution in [2.24, 2.45) is 7.05 Å². The number of nitrogens with one attached hydrogen (secondary N) is 1. The SMILES string of the molecule is COc1ccc(Cl)c(NCc2cnnn2C)c1. The van der Waals surface area contributed by atoms with Gasteiger partial charge in [0.1, 0.15) is 5.75 Å². The van der Waals surface area contributed by atoms with Gasteiger partial charge in [-0.25, -0.2) is 0 Å². The van der Waals surface area contributed by atoms with Crippen LogP contribution >= 0.6 is 11.6 Å². The van der Waals surface area contributed by atoms with Crippen LogP contribution in [0.1, 0.15) is 5.69 Å². The van der Waals surface area contributed by atoms with E-state index in [1.165, 1.54) is 0 Å². The van der Waals surface area contributed by atoms with Crippen molar-refractivity contribution in [3.05, 3.63) is 35.1 Å². The van der Waals surface area contributed by atoms with Gasteiger partial charge < -0.3 is 10.1 Å². The molecule has 0 aliphatic carbocycles. The van der Waals surface area contributed by atoms with E-state index in [0.717, 1.165) is 17.1 Å². The molecule has 1 aromatic heterocycles. The topological polar surface area (TPSA) is 52.0 Å². The largest absolute Gasteiger partial charge is 0.497 e. The molecule has 6 heteroatoms. The van der Waals surface area contributed by atoms with E-state index < -0.39 is 0 Å². The van der Waals surface area contributed by atoms with Crippen LogP contribution in [0.2, 0.25) is 5.02 Å². The zero-order valence-electron chi connectivity index (χ0n) is 9.64. The number of halogens is 1. The van der Waals surface area contributed by atoms with Crippen LogP contribution in [-0.2, 0) is 13.6 Å². The molecule has 2 aromatic rings. The van der Waals surface area contributed by atoms with Gasteiger partial charge in [0.05, 0.1) is 36.3 Å². The van der Waals surface area contributed by atoms with Gasteiger partial charge in [0.2, 0.25) is 0 Å². The van der Waals surface area contributed by atoms with Crippen molar-refractivity contribution in [2.75, 3.05) is 12.4 Å². The Morgan fingerprint density at radius 3 is 2.94 bits per heavy atom. The highest BCUT2D eigenvalue weighted by Crippen LogP contribution is 2.26. The second-order valence-corrected chi connectivity index (χ2v) is 3.96. The summed E-state index contributed by atoms with van der Waals surface area (Å²) < 4.78 is 6.85. The Hall–Kier alpha value is -1.75. The maximum Gasteiger partial charge on any atom is 0.121 e. The molecule has 0 radical (unpaired) electrons. The standard InChI is InChI=1S/C11H13ClN4O/c1-16-8(7-14-15-16)6-13-11-5-9(17-2)3-4-10(11)12/h3-5,7,13H,6H2,1-2H3. The summed E-state index contributed by atoms with van der Waals surface area (Å²) >= 11 is 6.08. The predicted octanol–water partition coefficient (Wildman–Crippen LogP) is 2.09. The van der Waals surface area contributed by atoms with Crippen LogP contribution in [0.4, 0.5) is 5.69 Å². The normalized spacial score (nSPS) is 10.3. The predicted molar refractivity (Wildman–Crippen MR) is 66.3 cm³/mol. The number of aromatic nitrogens is 3. The third kappa shape index (κ3) is 2.68. The highest BCUT2D eigenvalue weighted by atomic mass is 35.5. The highest BCUT2D eigenvalue weighted by molar-refractivity contribution is 6.33. The summed E-state index contributed by atoms with van der Waals surface area (Å²) in [7, 11) is 3.47. The smallest absolute Gasteiger partial charge is 0.121 e. The molecule has 5 nitrogen and oxygen atoms in total. The third-order valence-electron chi connectivity index (χ3n) is 2.44. The number of ether oxygens (including phenoxy) is 1. The van der Waals surface area contributed by atoms with Gasteiger partial charge in [-0.1, -0.05) is 16.8 Å². The third-order valence-corrected chi connectivity index (χ3v) is 2.77. The lowest BCUT2D eigenvalue weighted by Crippen LogP contribution is -2.05. The average molecular weight is 253 g/mol. The minimum absolute atomic E-state index is 0.608. The molecule has 90 valence electrons. The maximum atomic E-state index is 6.08. The number of methoxy groups -OCH3 is 1. The van der Waals surface area contributed by atoms with Crippen molar-refractivity contribution in [3.63, 3.8) is 0 Å². The van der Waals surface area contributed by atoms with Crippen LogP contribution in [0.3, 0.4) is 0 Å². The highest BCUT2D eigenvalue weighted by Gasteiger charge is 2.04. The van der Waals surface area contributed by atoms with Gasteiger partial charge in [-0.05, 0) is 12.1 Å². The Morgan fingerprint density at radius 2 is 2.29 bits per heavy atom. The van der Waals surface area contributed by atoms with Crippen LogP contribution in [0.25, 0.3) is 0 Å². The summed E-state index contributed by atoms with van der Waals surface area (Å²) in [6.07, 6.45) is 1.71. The van der Waals surface area contributed by atoms with E-state index in [9.17, 15) is 0 Å². The summed E-state index contributed by atoms with van der Waals surface area (Å²) in [5.41, 5.74) is 1.80. The number of anilines is 1. The van der Waals surface area contributed by atoms with E-state index in [4.69, 9.17) is 16.3 Å². The lowest BCUT2D eigenvalue weighted by molar-refractivity contribution is 0.415. The monoisotopic (exact) mass is 252 g/mol. The lowest BCUT2D eigenvalue weighted by atomic mass is 10.3. The molecule has 17 heavy (non-hydrogen) atoms. The zero-order chi connectivity index (χ0) is 12.3. The fourth-order valence-corrected chi connectivity index (χ4v) is 1.61. The number of hydrogen-bond acceptors (Lipinski definition) is 4. The Morgan fingerprint density at radius 1 is 1.47 bits per heavy atom. The zero-order valence-corrected chi connectivity index (χ0v) is 10.4. The van der Waals surface area contributed by atoms with Crippen LogP contribution in [-0.4, -0.2) is 22.1 Å². The van der Waals surface area contributed by atoms with E-state index in [2.05, 4.69) is 15.6 Å². The molecule has 0 aliphatic rings. The fourth-order valence-electron chi connectivity index (χ4n) is 1.42. The number of benzene rings is 1. The molecular formula is C11H13ClN4O. The molecule has 0 saturated carbocycles. The van der Waals surface area contributed by atoms with Crippen LogP contribution in [0.15, 0.2) is 24.4 Å². The number of hydrogen-bond donors (Lipinski definition) is 1. The first-order chi connectivity index (χ1) is 8.20. The van der Waals surface area contributed by atoms with Crippen molar-refractivity contribution in [2.45, 2.75) is 6.54 Å². The van der Waals surface area contributed by atoms with Crippen molar-refractivity contribution in [1.82, 2.24) is 15.0 Å². The minimum Gasteiger partial charge on any atom is -0.497 e. The maximum absolute atomic E-state index is 6.08. The van der Waals surface area contributed by atoms with E-state index in [1.54, 1.807) is 24.1 Å². The Kier molecular flexibility index (Phi) is 3.49. The van der Waals surface area contributed by atoms with Gasteiger partial charge in [-0.2, -0.15) is 0 Å². The second-order valence-electron chi connectivity index (χ2n) is 3.55. The van der Waals surface area contributed by atoms with Crippen LogP contribution in [0.5, 0.6) is 5.75 Å². The number of nitrogens with zero attached hydrogens (tertiary/aromatic N) is 3. The molecule has 1 aromatic carbocycles. The lowest BCUT2D eigenvalue weighted by Gasteiger charge is -2.09. The van der Waals surface area contributed by atoms with Crippen molar-refractivity contribution < 1.29 is 4.74 Å². The van der Waals surface area contributed by atoms with E-state index in [1.807, 2.05) is 19.2 Å². The first-order valence-corrected chi connectivity index (χ1v) is 5.49. The summed E-state index contributed by atoms with van der Waals surface area (Å²) in [5, 5.41) is 11.5. The summed E-state index contributed by atoms with van der Waals surface area (Å²) in [4.78, 5) is 0. The molecule has 2 rings (SSSR count). The van der Waals surface area contributed by atoms with Crippen molar-refractivity contribution in [3.8, 4) is 5.75 Å². The molecule has 0 amide bonds. The fraction of sp³-hybridized carbons (Fsp3) is 0.273. The quantitative estimate of drug-likeness (QED) is 0.905. The second kappa shape index (κ2) is 5.05. The minimum atomic E-state index is 0.608. The first kappa shape index (κ1) is 11.7. The van der Waals surface area contributed by atoms with Crippen LogP contribution in [0, 0.1) is 0 Å². The van der Waals surface area contributed by atoms with E-state index in [0.29, 0.717) is 11.6 Å². The molecule has 0 fully saturated rings. The molecule has 0 unspecified atom stereocenters. The van der Waals surface area contributed by atoms with Gasteiger partial charge in [-0.15, -0.1) is 5.10 Å². The number of aryl methyl sites for hydroxylation is 1. The van der Waals surface area contributed by atoms with Crippen molar-refractivity contribution in [1.29, 1.82) is 0 Å². The Balaban J connectivity index is 2.11. The number of rotatable bonds is 4. The summed E-state index contributed by atoms with van der Waals surface area (Å²) in [6.45, 7) is 0.608. The van der Waals surface area contributed by atoms with Gasteiger partial charge in [0.25, 0.3) is 0 Å². The van der Waals surface area contributed by atoms with Crippen molar-refractivity contribution >= 4 is 17.3 Å². The molecule has 0 aliphatic heterocycles. The Labute approximate surface area is 104 Å². The molecule has 1 N–H and O–H groups in total. The van der Waals surface area contributed by atoms with E-state index >= 15 is 0 Å². The molecule has 0 spiro atoms. The first-order valence-electron chi connectivity index (χ1n) is 5.11. The van der Waals surface area contributed by atoms with Gasteiger partial charge >= 0.3 is 0 Å². The van der Waals surface area contributed by atoms with Gasteiger partial charge in [0.15, 0.2) is 0 Å². The van der Waals surface area contributed by atoms with E-state index in [-0.39, 0.29) is 0 Å². The van der Waals surface area contributed by atoms with Gasteiger partial charge in [0, 0.05) is 13.1 Å².